The van der Waals surface area contributed by atoms with Crippen LogP contribution in [0.25, 0.3) is 11.3 Å². The summed E-state index contributed by atoms with van der Waals surface area (Å²) in [5.74, 6) is 0.497. The number of anilines is 1. The lowest BCUT2D eigenvalue weighted by atomic mass is 9.95. The average Bonchev–Trinajstić information content (AvgIpc) is 2.76. The summed E-state index contributed by atoms with van der Waals surface area (Å²) in [6, 6.07) is 9.97. The Balaban J connectivity index is 2.42. The number of benzene rings is 1. The largest absolute Gasteiger partial charge is 0.382 e. The molecule has 2 rings (SSSR count). The van der Waals surface area contributed by atoms with Gasteiger partial charge in [0.15, 0.2) is 0 Å². The molecule has 0 fully saturated rings. The van der Waals surface area contributed by atoms with Crippen LogP contribution < -0.4 is 5.73 Å². The number of rotatable bonds is 3. The molecule has 0 saturated carbocycles. The summed E-state index contributed by atoms with van der Waals surface area (Å²) in [5, 5.41) is 6.83. The van der Waals surface area contributed by atoms with Crippen LogP contribution >= 0.6 is 0 Å². The van der Waals surface area contributed by atoms with E-state index in [-0.39, 0.29) is 5.60 Å². The third kappa shape index (κ3) is 2.31. The number of aromatic amines is 1. The van der Waals surface area contributed by atoms with Crippen LogP contribution in [0.2, 0.25) is 0 Å². The van der Waals surface area contributed by atoms with Gasteiger partial charge in [0.1, 0.15) is 5.82 Å². The molecule has 17 heavy (non-hydrogen) atoms. The fourth-order valence-electron chi connectivity index (χ4n) is 1.66. The fourth-order valence-corrected chi connectivity index (χ4v) is 1.66. The van der Waals surface area contributed by atoms with Gasteiger partial charge in [0.25, 0.3) is 0 Å². The molecule has 0 atom stereocenters. The molecule has 0 saturated heterocycles. The zero-order valence-electron chi connectivity index (χ0n) is 10.3. The van der Waals surface area contributed by atoms with Crippen molar-refractivity contribution in [3.63, 3.8) is 0 Å². The molecule has 3 N–H and O–H groups in total. The Hall–Kier alpha value is -1.81. The van der Waals surface area contributed by atoms with E-state index in [0.29, 0.717) is 5.82 Å². The molecule has 4 nitrogen and oxygen atoms in total. The van der Waals surface area contributed by atoms with E-state index < -0.39 is 0 Å². The van der Waals surface area contributed by atoms with Crippen LogP contribution in [0.3, 0.4) is 0 Å². The summed E-state index contributed by atoms with van der Waals surface area (Å²) in [7, 11) is 1.71. The van der Waals surface area contributed by atoms with Crippen LogP contribution in [0.5, 0.6) is 0 Å². The van der Waals surface area contributed by atoms with Crippen LogP contribution in [0.15, 0.2) is 30.3 Å². The number of H-pyrrole nitrogens is 1. The second-order valence-corrected chi connectivity index (χ2v) is 4.50. The van der Waals surface area contributed by atoms with E-state index in [0.717, 1.165) is 16.8 Å². The maximum Gasteiger partial charge on any atom is 0.145 e. The van der Waals surface area contributed by atoms with Crippen molar-refractivity contribution in [2.24, 2.45) is 0 Å². The number of nitrogens with two attached hydrogens (primary N) is 1. The van der Waals surface area contributed by atoms with E-state index in [4.69, 9.17) is 10.5 Å². The minimum atomic E-state index is -0.304. The molecule has 0 radical (unpaired) electrons. The van der Waals surface area contributed by atoms with Gasteiger partial charge in [-0.1, -0.05) is 18.2 Å². The Morgan fingerprint density at radius 3 is 2.65 bits per heavy atom. The molecule has 2 aromatic rings. The molecule has 0 unspecified atom stereocenters. The summed E-state index contributed by atoms with van der Waals surface area (Å²) < 4.78 is 5.47. The van der Waals surface area contributed by atoms with Gasteiger partial charge in [-0.3, -0.25) is 5.10 Å². The van der Waals surface area contributed by atoms with Crippen molar-refractivity contribution in [1.29, 1.82) is 0 Å². The molecule has 90 valence electrons. The summed E-state index contributed by atoms with van der Waals surface area (Å²) in [5.41, 5.74) is 8.38. The molecule has 0 spiro atoms. The Labute approximate surface area is 101 Å². The third-order valence-electron chi connectivity index (χ3n) is 2.98. The van der Waals surface area contributed by atoms with Crippen LogP contribution in [0.4, 0.5) is 5.82 Å². The highest BCUT2D eigenvalue weighted by Gasteiger charge is 2.19. The molecule has 4 heteroatoms. The van der Waals surface area contributed by atoms with Crippen molar-refractivity contribution < 1.29 is 4.74 Å². The first kappa shape index (κ1) is 11.7. The van der Waals surface area contributed by atoms with E-state index in [1.54, 1.807) is 7.11 Å². The van der Waals surface area contributed by atoms with Gasteiger partial charge < -0.3 is 10.5 Å². The average molecular weight is 231 g/mol. The predicted octanol–water partition coefficient (Wildman–Crippen LogP) is 2.54. The maximum absolute atomic E-state index is 5.60. The van der Waals surface area contributed by atoms with Gasteiger partial charge in [-0.2, -0.15) is 5.10 Å². The zero-order valence-corrected chi connectivity index (χ0v) is 10.3. The van der Waals surface area contributed by atoms with Gasteiger partial charge in [-0.15, -0.1) is 0 Å². The number of methoxy groups -OCH3 is 1. The molecule has 1 aromatic heterocycles. The Kier molecular flexibility index (Phi) is 2.90. The normalized spacial score (nSPS) is 11.7. The zero-order chi connectivity index (χ0) is 12.5. The van der Waals surface area contributed by atoms with Crippen molar-refractivity contribution >= 4 is 5.82 Å². The molecule has 0 amide bonds. The third-order valence-corrected chi connectivity index (χ3v) is 2.98. The van der Waals surface area contributed by atoms with E-state index in [9.17, 15) is 0 Å². The molecule has 0 aliphatic rings. The number of ether oxygens (including phenoxy) is 1. The van der Waals surface area contributed by atoms with Crippen LogP contribution in [-0.4, -0.2) is 17.3 Å². The molecule has 1 heterocycles. The van der Waals surface area contributed by atoms with Crippen LogP contribution in [0, 0.1) is 0 Å². The summed E-state index contributed by atoms with van der Waals surface area (Å²) in [6.07, 6.45) is 0. The molecule has 0 aliphatic heterocycles. The topological polar surface area (TPSA) is 63.9 Å². The minimum absolute atomic E-state index is 0.304. The van der Waals surface area contributed by atoms with E-state index in [1.165, 1.54) is 0 Å². The molecule has 0 aliphatic carbocycles. The van der Waals surface area contributed by atoms with Crippen molar-refractivity contribution in [2.45, 2.75) is 19.4 Å². The number of nitrogens with one attached hydrogen (secondary N) is 1. The quantitative estimate of drug-likeness (QED) is 0.853. The number of nitrogen functional groups attached to an aromatic ring is 1. The molecular weight excluding hydrogens is 214 g/mol. The first-order chi connectivity index (χ1) is 8.03. The van der Waals surface area contributed by atoms with Gasteiger partial charge in [0, 0.05) is 13.2 Å². The van der Waals surface area contributed by atoms with Gasteiger partial charge in [-0.25, -0.2) is 0 Å². The van der Waals surface area contributed by atoms with Crippen LogP contribution in [-0.2, 0) is 10.3 Å². The van der Waals surface area contributed by atoms with Crippen molar-refractivity contribution in [3.8, 4) is 11.3 Å². The van der Waals surface area contributed by atoms with Crippen molar-refractivity contribution in [3.05, 3.63) is 35.9 Å². The highest BCUT2D eigenvalue weighted by atomic mass is 16.5. The lowest BCUT2D eigenvalue weighted by Gasteiger charge is -2.23. The van der Waals surface area contributed by atoms with Gasteiger partial charge in [-0.05, 0) is 31.0 Å². The number of hydrogen-bond acceptors (Lipinski definition) is 3. The number of nitrogens with zero attached hydrogens (tertiary/aromatic N) is 1. The van der Waals surface area contributed by atoms with E-state index >= 15 is 0 Å². The summed E-state index contributed by atoms with van der Waals surface area (Å²) >= 11 is 0. The van der Waals surface area contributed by atoms with E-state index in [2.05, 4.69) is 16.3 Å². The van der Waals surface area contributed by atoms with Crippen LogP contribution in [0.1, 0.15) is 19.4 Å². The monoisotopic (exact) mass is 231 g/mol. The Morgan fingerprint density at radius 1 is 1.29 bits per heavy atom. The lowest BCUT2D eigenvalue weighted by molar-refractivity contribution is 0.0192. The first-order valence-corrected chi connectivity index (χ1v) is 5.50. The lowest BCUT2D eigenvalue weighted by Crippen LogP contribution is -2.19. The second kappa shape index (κ2) is 4.22. The standard InChI is InChI=1S/C13H17N3O/c1-13(2,17-3)10-6-4-5-9(7-10)11-8-12(14)16-15-11/h4-8H,1-3H3,(H3,14,15,16). The second-order valence-electron chi connectivity index (χ2n) is 4.50. The predicted molar refractivity (Wildman–Crippen MR) is 68.5 cm³/mol. The van der Waals surface area contributed by atoms with E-state index in [1.807, 2.05) is 38.1 Å². The first-order valence-electron chi connectivity index (χ1n) is 5.50. The fraction of sp³-hybridized carbons (Fsp3) is 0.308. The molecular formula is C13H17N3O. The molecule has 0 bridgehead atoms. The highest BCUT2D eigenvalue weighted by Crippen LogP contribution is 2.28. The SMILES string of the molecule is COC(C)(C)c1cccc(-c2cc(N)n[nH]2)c1. The maximum atomic E-state index is 5.60. The van der Waals surface area contributed by atoms with Gasteiger partial charge in [0.05, 0.1) is 11.3 Å². The molecule has 1 aromatic carbocycles. The number of hydrogen-bond donors (Lipinski definition) is 2. The van der Waals surface area contributed by atoms with Crippen molar-refractivity contribution in [2.75, 3.05) is 12.8 Å². The number of aromatic nitrogens is 2. The Morgan fingerprint density at radius 2 is 2.06 bits per heavy atom. The minimum Gasteiger partial charge on any atom is -0.382 e. The van der Waals surface area contributed by atoms with Gasteiger partial charge in [0.2, 0.25) is 0 Å². The highest BCUT2D eigenvalue weighted by molar-refractivity contribution is 5.63. The summed E-state index contributed by atoms with van der Waals surface area (Å²) in [6.45, 7) is 4.07. The van der Waals surface area contributed by atoms with Crippen molar-refractivity contribution in [1.82, 2.24) is 10.2 Å². The smallest absolute Gasteiger partial charge is 0.145 e. The summed E-state index contributed by atoms with van der Waals surface area (Å²) in [4.78, 5) is 0. The van der Waals surface area contributed by atoms with Gasteiger partial charge >= 0.3 is 0 Å². The Bertz CT molecular complexity index is 517.